The van der Waals surface area contributed by atoms with Gasteiger partial charge < -0.3 is 5.11 Å². The fourth-order valence-corrected chi connectivity index (χ4v) is 2.24. The van der Waals surface area contributed by atoms with E-state index in [9.17, 15) is 0 Å². The van der Waals surface area contributed by atoms with Crippen LogP contribution in [0.15, 0.2) is 12.7 Å². The monoisotopic (exact) mass is 278 g/mol. The second-order valence-corrected chi connectivity index (χ2v) is 5.54. The lowest BCUT2D eigenvalue weighted by molar-refractivity contribution is 0.282. The summed E-state index contributed by atoms with van der Waals surface area (Å²) in [5, 5.41) is 8.65. The highest BCUT2D eigenvalue weighted by Crippen LogP contribution is 2.09. The molecule has 116 valence electrons. The van der Waals surface area contributed by atoms with Gasteiger partial charge in [-0.05, 0) is 32.1 Å². The van der Waals surface area contributed by atoms with Crippen LogP contribution in [0, 0.1) is 11.8 Å². The minimum atomic E-state index is 0.333. The Kier molecular flexibility index (Phi) is 17.6. The van der Waals surface area contributed by atoms with Crippen molar-refractivity contribution in [1.82, 2.24) is 0 Å². The molecule has 0 spiro atoms. The summed E-state index contributed by atoms with van der Waals surface area (Å²) in [6.07, 6.45) is 19.2. The molecule has 0 heterocycles. The molecule has 0 atom stereocenters. The molecular formula is C19H34O. The van der Waals surface area contributed by atoms with Gasteiger partial charge in [0.05, 0.1) is 0 Å². The van der Waals surface area contributed by atoms with Gasteiger partial charge in [-0.25, -0.2) is 0 Å². The van der Waals surface area contributed by atoms with Crippen molar-refractivity contribution < 1.29 is 5.11 Å². The van der Waals surface area contributed by atoms with Crippen LogP contribution in [0.3, 0.4) is 0 Å². The van der Waals surface area contributed by atoms with Crippen LogP contribution in [0.5, 0.6) is 0 Å². The number of allylic oxidation sites excluding steroid dienone is 1. The molecule has 0 saturated heterocycles. The molecule has 0 radical (unpaired) electrons. The van der Waals surface area contributed by atoms with Crippen molar-refractivity contribution >= 4 is 0 Å². The molecule has 0 amide bonds. The predicted molar refractivity (Wildman–Crippen MR) is 89.7 cm³/mol. The van der Waals surface area contributed by atoms with Crippen LogP contribution in [0.1, 0.15) is 89.9 Å². The van der Waals surface area contributed by atoms with Crippen LogP contribution in [0.2, 0.25) is 0 Å². The first-order chi connectivity index (χ1) is 9.91. The Balaban J connectivity index is 3.06. The van der Waals surface area contributed by atoms with Gasteiger partial charge >= 0.3 is 0 Å². The molecule has 0 rings (SSSR count). The van der Waals surface area contributed by atoms with Crippen LogP contribution in [0.4, 0.5) is 0 Å². The molecule has 1 heteroatoms. The molecule has 0 aliphatic heterocycles. The zero-order valence-electron chi connectivity index (χ0n) is 13.3. The lowest BCUT2D eigenvalue weighted by Gasteiger charge is -1.99. The third kappa shape index (κ3) is 17.3. The van der Waals surface area contributed by atoms with Crippen LogP contribution >= 0.6 is 0 Å². The van der Waals surface area contributed by atoms with E-state index in [1.165, 1.54) is 64.2 Å². The van der Waals surface area contributed by atoms with Gasteiger partial charge in [0.15, 0.2) is 0 Å². The Morgan fingerprint density at radius 3 is 1.60 bits per heavy atom. The maximum atomic E-state index is 8.65. The van der Waals surface area contributed by atoms with E-state index in [-0.39, 0.29) is 0 Å². The van der Waals surface area contributed by atoms with Crippen molar-refractivity contribution in [2.45, 2.75) is 89.9 Å². The predicted octanol–water partition coefficient (Wildman–Crippen LogP) is 5.63. The highest BCUT2D eigenvalue weighted by atomic mass is 16.2. The van der Waals surface area contributed by atoms with Gasteiger partial charge in [-0.3, -0.25) is 0 Å². The van der Waals surface area contributed by atoms with Gasteiger partial charge in [-0.2, -0.15) is 0 Å². The van der Waals surface area contributed by atoms with E-state index in [2.05, 4.69) is 18.4 Å². The minimum absolute atomic E-state index is 0.333. The smallest absolute Gasteiger partial charge is 0.0431 e. The van der Waals surface area contributed by atoms with Crippen molar-refractivity contribution in [3.63, 3.8) is 0 Å². The van der Waals surface area contributed by atoms with E-state index in [4.69, 9.17) is 5.11 Å². The second kappa shape index (κ2) is 18.3. The molecule has 0 bridgehead atoms. The summed E-state index contributed by atoms with van der Waals surface area (Å²) >= 11 is 0. The molecule has 0 fully saturated rings. The zero-order chi connectivity index (χ0) is 14.7. The molecule has 1 nitrogen and oxygen atoms in total. The highest BCUT2D eigenvalue weighted by Gasteiger charge is 1.90. The van der Waals surface area contributed by atoms with Gasteiger partial charge in [0, 0.05) is 19.4 Å². The molecule has 1 N–H and O–H groups in total. The third-order valence-electron chi connectivity index (χ3n) is 3.54. The number of hydrogen-bond acceptors (Lipinski definition) is 1. The van der Waals surface area contributed by atoms with E-state index in [0.29, 0.717) is 6.61 Å². The third-order valence-corrected chi connectivity index (χ3v) is 3.54. The van der Waals surface area contributed by atoms with Crippen LogP contribution in [-0.4, -0.2) is 11.7 Å². The molecule has 0 aliphatic carbocycles. The largest absolute Gasteiger partial charge is 0.396 e. The average Bonchev–Trinajstić information content (AvgIpc) is 2.47. The summed E-state index contributed by atoms with van der Waals surface area (Å²) < 4.78 is 0. The first-order valence-electron chi connectivity index (χ1n) is 8.59. The fraction of sp³-hybridized carbons (Fsp3) is 0.789. The Morgan fingerprint density at radius 2 is 1.10 bits per heavy atom. The molecule has 0 aromatic carbocycles. The average molecular weight is 278 g/mol. The van der Waals surface area contributed by atoms with Crippen molar-refractivity contribution in [2.75, 3.05) is 6.61 Å². The summed E-state index contributed by atoms with van der Waals surface area (Å²) in [5.41, 5.74) is 0. The van der Waals surface area contributed by atoms with E-state index < -0.39 is 0 Å². The summed E-state index contributed by atoms with van der Waals surface area (Å²) in [6.45, 7) is 4.08. The van der Waals surface area contributed by atoms with E-state index in [1.807, 2.05) is 6.08 Å². The van der Waals surface area contributed by atoms with Crippen molar-refractivity contribution in [3.8, 4) is 11.8 Å². The Bertz CT molecular complexity index is 246. The summed E-state index contributed by atoms with van der Waals surface area (Å²) in [5.74, 6) is 6.55. The van der Waals surface area contributed by atoms with Crippen molar-refractivity contribution in [1.29, 1.82) is 0 Å². The first-order valence-corrected chi connectivity index (χ1v) is 8.59. The molecule has 0 aromatic heterocycles. The van der Waals surface area contributed by atoms with Gasteiger partial charge in [0.2, 0.25) is 0 Å². The maximum absolute atomic E-state index is 8.65. The summed E-state index contributed by atoms with van der Waals surface area (Å²) in [4.78, 5) is 0. The minimum Gasteiger partial charge on any atom is -0.396 e. The SMILES string of the molecule is C=CCCCCCCCCCC#CCCCCCCO. The van der Waals surface area contributed by atoms with Crippen LogP contribution < -0.4 is 0 Å². The molecule has 0 unspecified atom stereocenters. The van der Waals surface area contributed by atoms with Crippen LogP contribution in [-0.2, 0) is 0 Å². The van der Waals surface area contributed by atoms with Crippen molar-refractivity contribution in [2.24, 2.45) is 0 Å². The Morgan fingerprint density at radius 1 is 0.650 bits per heavy atom. The van der Waals surface area contributed by atoms with E-state index >= 15 is 0 Å². The first kappa shape index (κ1) is 19.3. The van der Waals surface area contributed by atoms with Gasteiger partial charge in [0.1, 0.15) is 0 Å². The number of rotatable bonds is 14. The molecular weight excluding hydrogens is 244 g/mol. The lowest BCUT2D eigenvalue weighted by Crippen LogP contribution is -1.82. The zero-order valence-corrected chi connectivity index (χ0v) is 13.3. The van der Waals surface area contributed by atoms with Gasteiger partial charge in [-0.15, -0.1) is 18.4 Å². The highest BCUT2D eigenvalue weighted by molar-refractivity contribution is 4.98. The van der Waals surface area contributed by atoms with Gasteiger partial charge in [0.25, 0.3) is 0 Å². The fourth-order valence-electron chi connectivity index (χ4n) is 2.24. The quantitative estimate of drug-likeness (QED) is 0.248. The molecule has 0 aromatic rings. The number of hydrogen-bond donors (Lipinski definition) is 1. The molecule has 0 saturated carbocycles. The van der Waals surface area contributed by atoms with E-state index in [1.54, 1.807) is 0 Å². The number of aliphatic hydroxyl groups is 1. The number of unbranched alkanes of at least 4 members (excludes halogenated alkanes) is 12. The van der Waals surface area contributed by atoms with Crippen molar-refractivity contribution in [3.05, 3.63) is 12.7 Å². The lowest BCUT2D eigenvalue weighted by atomic mass is 10.1. The maximum Gasteiger partial charge on any atom is 0.0431 e. The standard InChI is InChI=1S/C19H34O/c1-2-3-4-5-6-7-8-9-10-11-12-13-14-15-16-17-18-19-20/h2,20H,1,3-11,14-19H2. The second-order valence-electron chi connectivity index (χ2n) is 5.54. The normalized spacial score (nSPS) is 10.1. The summed E-state index contributed by atoms with van der Waals surface area (Å²) in [7, 11) is 0. The van der Waals surface area contributed by atoms with Gasteiger partial charge in [-0.1, -0.05) is 51.0 Å². The Hall–Kier alpha value is -0.740. The molecule has 0 aliphatic rings. The molecule has 20 heavy (non-hydrogen) atoms. The Labute approximate surface area is 126 Å². The topological polar surface area (TPSA) is 20.2 Å². The summed E-state index contributed by atoms with van der Waals surface area (Å²) in [6, 6.07) is 0. The van der Waals surface area contributed by atoms with Crippen LogP contribution in [0.25, 0.3) is 0 Å². The number of aliphatic hydroxyl groups excluding tert-OH is 1. The van der Waals surface area contributed by atoms with E-state index in [0.717, 1.165) is 25.7 Å².